The quantitative estimate of drug-likeness (QED) is 0.181. The highest BCUT2D eigenvalue weighted by molar-refractivity contribution is 5.90. The number of hydrogen-bond donors (Lipinski definition) is 1. The van der Waals surface area contributed by atoms with E-state index < -0.39 is 24.8 Å². The molecule has 1 aliphatic heterocycles. The summed E-state index contributed by atoms with van der Waals surface area (Å²) in [6.07, 6.45) is 6.90. The topological polar surface area (TPSA) is 101 Å². The first-order valence-corrected chi connectivity index (χ1v) is 14.7. The molecule has 226 valence electrons. The van der Waals surface area contributed by atoms with Gasteiger partial charge >= 0.3 is 11.9 Å². The second-order valence-electron chi connectivity index (χ2n) is 11.2. The summed E-state index contributed by atoms with van der Waals surface area (Å²) in [5, 5.41) is 9.26. The second kappa shape index (κ2) is 15.3. The van der Waals surface area contributed by atoms with Gasteiger partial charge in [0, 0.05) is 18.6 Å². The van der Waals surface area contributed by atoms with Gasteiger partial charge in [0.1, 0.15) is 11.5 Å². The molecule has 0 unspecified atom stereocenters. The minimum absolute atomic E-state index is 0.0411. The van der Waals surface area contributed by atoms with Crippen molar-refractivity contribution >= 4 is 11.9 Å². The van der Waals surface area contributed by atoms with Gasteiger partial charge in [-0.15, -0.1) is 0 Å². The van der Waals surface area contributed by atoms with E-state index in [-0.39, 0.29) is 17.8 Å². The van der Waals surface area contributed by atoms with Crippen LogP contribution in [0.3, 0.4) is 0 Å². The fourth-order valence-corrected chi connectivity index (χ4v) is 5.75. The summed E-state index contributed by atoms with van der Waals surface area (Å²) in [4.78, 5) is 24.5. The lowest BCUT2D eigenvalue weighted by atomic mass is 9.75. The van der Waals surface area contributed by atoms with Crippen LogP contribution in [0.2, 0.25) is 0 Å². The van der Waals surface area contributed by atoms with Crippen LogP contribution >= 0.6 is 0 Å². The van der Waals surface area contributed by atoms with Crippen LogP contribution in [0.4, 0.5) is 0 Å². The van der Waals surface area contributed by atoms with Crippen molar-refractivity contribution in [2.75, 3.05) is 33.5 Å². The minimum Gasteiger partial charge on any atom is -0.423 e. The number of ether oxygens (including phenoxy) is 5. The SMILES string of the molecule is C=C(CO)C(=O)Oc1ccc(-c2ccc(OC(=O)C(=C)COC)cc2)c(C2OCC(C3CCC(CCC)CC3)CO2)c1. The van der Waals surface area contributed by atoms with E-state index in [9.17, 15) is 14.7 Å². The van der Waals surface area contributed by atoms with Crippen LogP contribution in [0.1, 0.15) is 57.3 Å². The van der Waals surface area contributed by atoms with E-state index in [1.165, 1.54) is 45.6 Å². The number of esters is 2. The number of aliphatic hydroxyl groups excluding tert-OH is 1. The van der Waals surface area contributed by atoms with Gasteiger partial charge in [-0.2, -0.15) is 0 Å². The summed E-state index contributed by atoms with van der Waals surface area (Å²) < 4.78 is 28.4. The van der Waals surface area contributed by atoms with E-state index in [0.717, 1.165) is 17.0 Å². The van der Waals surface area contributed by atoms with E-state index in [4.69, 9.17) is 23.7 Å². The standard InChI is InChI=1S/C34H42O8/c1-5-6-24-7-9-25(10-8-24)27-20-39-34(40-21-27)31-17-29(42-32(36)22(2)18-35)15-16-30(31)26-11-13-28(14-12-26)41-33(37)23(3)19-38-4/h11-17,24-25,27,34-35H,2-3,5-10,18-21H2,1,4H3. The lowest BCUT2D eigenvalue weighted by molar-refractivity contribution is -0.214. The van der Waals surface area contributed by atoms with E-state index >= 15 is 0 Å². The Bertz CT molecular complexity index is 1230. The Morgan fingerprint density at radius 2 is 1.50 bits per heavy atom. The van der Waals surface area contributed by atoms with Gasteiger partial charge in [-0.1, -0.05) is 64.0 Å². The molecule has 0 bridgehead atoms. The van der Waals surface area contributed by atoms with E-state index in [1.54, 1.807) is 24.3 Å². The van der Waals surface area contributed by atoms with Crippen LogP contribution in [0.15, 0.2) is 66.8 Å². The normalized spacial score (nSPS) is 22.3. The molecule has 8 nitrogen and oxygen atoms in total. The van der Waals surface area contributed by atoms with Crippen molar-refractivity contribution in [3.63, 3.8) is 0 Å². The Morgan fingerprint density at radius 1 is 0.881 bits per heavy atom. The molecule has 0 amide bonds. The summed E-state index contributed by atoms with van der Waals surface area (Å²) >= 11 is 0. The lowest BCUT2D eigenvalue weighted by Gasteiger charge is -2.38. The molecule has 2 aliphatic rings. The second-order valence-corrected chi connectivity index (χ2v) is 11.2. The fraction of sp³-hybridized carbons (Fsp3) is 0.471. The Hall–Kier alpha value is -3.30. The van der Waals surface area contributed by atoms with Crippen molar-refractivity contribution in [2.24, 2.45) is 17.8 Å². The third kappa shape index (κ3) is 8.16. The molecule has 1 N–H and O–H groups in total. The van der Waals surface area contributed by atoms with Gasteiger partial charge in [0.05, 0.1) is 37.6 Å². The van der Waals surface area contributed by atoms with Crippen LogP contribution in [0, 0.1) is 17.8 Å². The van der Waals surface area contributed by atoms with Crippen LogP contribution < -0.4 is 9.47 Å². The maximum atomic E-state index is 12.3. The molecule has 4 rings (SSSR count). The minimum atomic E-state index is -0.707. The molecular formula is C34H42O8. The molecule has 42 heavy (non-hydrogen) atoms. The lowest BCUT2D eigenvalue weighted by Crippen LogP contribution is -2.34. The highest BCUT2D eigenvalue weighted by Crippen LogP contribution is 2.41. The largest absolute Gasteiger partial charge is 0.423 e. The number of benzene rings is 2. The average molecular weight is 579 g/mol. The van der Waals surface area contributed by atoms with E-state index in [1.807, 2.05) is 18.2 Å². The Balaban J connectivity index is 1.51. The van der Waals surface area contributed by atoms with Crippen molar-refractivity contribution in [3.8, 4) is 22.6 Å². The van der Waals surface area contributed by atoms with Crippen molar-refractivity contribution in [1.29, 1.82) is 0 Å². The Kier molecular flexibility index (Phi) is 11.5. The molecule has 1 saturated heterocycles. The van der Waals surface area contributed by atoms with Crippen LogP contribution in [-0.2, 0) is 23.8 Å². The summed E-state index contributed by atoms with van der Waals surface area (Å²) in [5.74, 6) is 1.20. The first-order valence-electron chi connectivity index (χ1n) is 14.7. The molecular weight excluding hydrogens is 536 g/mol. The summed E-state index contributed by atoms with van der Waals surface area (Å²) in [7, 11) is 1.48. The monoisotopic (exact) mass is 578 g/mol. The first-order chi connectivity index (χ1) is 20.3. The van der Waals surface area contributed by atoms with E-state index in [0.29, 0.717) is 42.1 Å². The molecule has 2 aromatic rings. The molecule has 1 saturated carbocycles. The predicted molar refractivity (Wildman–Crippen MR) is 159 cm³/mol. The highest BCUT2D eigenvalue weighted by Gasteiger charge is 2.33. The smallest absolute Gasteiger partial charge is 0.341 e. The summed E-state index contributed by atoms with van der Waals surface area (Å²) in [5.41, 5.74) is 2.54. The van der Waals surface area contributed by atoms with Crippen molar-refractivity contribution < 1.29 is 38.4 Å². The molecule has 1 heterocycles. The van der Waals surface area contributed by atoms with E-state index in [2.05, 4.69) is 20.1 Å². The summed E-state index contributed by atoms with van der Waals surface area (Å²) in [6, 6.07) is 12.3. The number of rotatable bonds is 12. The number of carbonyl (C=O) groups excluding carboxylic acids is 2. The molecule has 8 heteroatoms. The molecule has 2 aromatic carbocycles. The first kappa shape index (κ1) is 31.6. The number of hydrogen-bond acceptors (Lipinski definition) is 8. The molecule has 0 spiro atoms. The molecule has 0 aromatic heterocycles. The van der Waals surface area contributed by atoms with Gasteiger partial charge in [-0.3, -0.25) is 0 Å². The molecule has 2 fully saturated rings. The third-order valence-corrected chi connectivity index (χ3v) is 8.13. The van der Waals surface area contributed by atoms with Crippen molar-refractivity contribution in [2.45, 2.75) is 51.7 Å². The maximum absolute atomic E-state index is 12.3. The average Bonchev–Trinajstić information content (AvgIpc) is 3.02. The van der Waals surface area contributed by atoms with Gasteiger partial charge in [-0.25, -0.2) is 9.59 Å². The highest BCUT2D eigenvalue weighted by atomic mass is 16.7. The zero-order chi connectivity index (χ0) is 30.1. The van der Waals surface area contributed by atoms with Gasteiger partial charge in [0.2, 0.25) is 0 Å². The van der Waals surface area contributed by atoms with Crippen molar-refractivity contribution in [1.82, 2.24) is 0 Å². The maximum Gasteiger partial charge on any atom is 0.341 e. The zero-order valence-corrected chi connectivity index (χ0v) is 24.6. The molecule has 0 atom stereocenters. The number of aliphatic hydroxyl groups is 1. The molecule has 1 aliphatic carbocycles. The van der Waals surface area contributed by atoms with Gasteiger partial charge in [0.15, 0.2) is 6.29 Å². The van der Waals surface area contributed by atoms with Crippen LogP contribution in [0.5, 0.6) is 11.5 Å². The Labute approximate surface area is 248 Å². The summed E-state index contributed by atoms with van der Waals surface area (Å²) in [6.45, 7) is 10.3. The van der Waals surface area contributed by atoms with Gasteiger partial charge in [-0.05, 0) is 60.1 Å². The number of carbonyl (C=O) groups is 2. The van der Waals surface area contributed by atoms with Gasteiger partial charge in [0.25, 0.3) is 0 Å². The van der Waals surface area contributed by atoms with Gasteiger partial charge < -0.3 is 28.8 Å². The number of methoxy groups -OCH3 is 1. The predicted octanol–water partition coefficient (Wildman–Crippen LogP) is 6.18. The molecule has 0 radical (unpaired) electrons. The zero-order valence-electron chi connectivity index (χ0n) is 24.6. The van der Waals surface area contributed by atoms with Crippen LogP contribution in [0.25, 0.3) is 11.1 Å². The van der Waals surface area contributed by atoms with Crippen molar-refractivity contribution in [3.05, 3.63) is 72.3 Å². The van der Waals surface area contributed by atoms with Crippen LogP contribution in [-0.4, -0.2) is 50.6 Å². The Morgan fingerprint density at radius 3 is 2.12 bits per heavy atom. The third-order valence-electron chi connectivity index (χ3n) is 8.13. The fourth-order valence-electron chi connectivity index (χ4n) is 5.75.